The third-order valence-electron chi connectivity index (χ3n) is 4.46. The van der Waals surface area contributed by atoms with Crippen molar-refractivity contribution < 1.29 is 14.3 Å². The molecule has 0 saturated carbocycles. The summed E-state index contributed by atoms with van der Waals surface area (Å²) in [6, 6.07) is 19.5. The van der Waals surface area contributed by atoms with Crippen LogP contribution < -0.4 is 0 Å². The van der Waals surface area contributed by atoms with Gasteiger partial charge in [0.15, 0.2) is 6.29 Å². The summed E-state index contributed by atoms with van der Waals surface area (Å²) in [7, 11) is 0. The number of esters is 1. The maximum atomic E-state index is 12.0. The molecule has 3 aromatic carbocycles. The minimum atomic E-state index is -0.355. The Hall–Kier alpha value is -3.20. The number of rotatable bonds is 7. The van der Waals surface area contributed by atoms with E-state index in [2.05, 4.69) is 6.92 Å². The summed E-state index contributed by atoms with van der Waals surface area (Å²) >= 11 is 0. The molecule has 0 heterocycles. The molecule has 0 N–H and O–H groups in total. The highest BCUT2D eigenvalue weighted by atomic mass is 16.5. The van der Waals surface area contributed by atoms with Crippen molar-refractivity contribution in [3.8, 4) is 11.1 Å². The van der Waals surface area contributed by atoms with Crippen molar-refractivity contribution in [3.05, 3.63) is 77.9 Å². The van der Waals surface area contributed by atoms with Gasteiger partial charge < -0.3 is 4.74 Å². The molecular formula is C24H22O3. The van der Waals surface area contributed by atoms with Crippen LogP contribution in [0.15, 0.2) is 66.7 Å². The largest absolute Gasteiger partial charge is 0.463 e. The van der Waals surface area contributed by atoms with E-state index in [9.17, 15) is 9.59 Å². The van der Waals surface area contributed by atoms with Crippen LogP contribution in [-0.4, -0.2) is 18.9 Å². The summed E-state index contributed by atoms with van der Waals surface area (Å²) in [4.78, 5) is 23.5. The topological polar surface area (TPSA) is 43.4 Å². The van der Waals surface area contributed by atoms with Crippen LogP contribution in [0.25, 0.3) is 28.0 Å². The lowest BCUT2D eigenvalue weighted by molar-refractivity contribution is -0.137. The van der Waals surface area contributed by atoms with Crippen molar-refractivity contribution in [3.63, 3.8) is 0 Å². The summed E-state index contributed by atoms with van der Waals surface area (Å²) in [6.07, 6.45) is 5.91. The Morgan fingerprint density at radius 1 is 0.963 bits per heavy atom. The van der Waals surface area contributed by atoms with E-state index in [0.717, 1.165) is 46.6 Å². The number of unbranched alkanes of at least 4 members (excludes halogenated alkanes) is 1. The van der Waals surface area contributed by atoms with Crippen LogP contribution >= 0.6 is 0 Å². The molecule has 0 bridgehead atoms. The highest BCUT2D eigenvalue weighted by molar-refractivity contribution is 6.05. The van der Waals surface area contributed by atoms with Gasteiger partial charge in [-0.3, -0.25) is 4.79 Å². The number of hydrogen-bond acceptors (Lipinski definition) is 3. The molecule has 0 unspecified atom stereocenters. The van der Waals surface area contributed by atoms with Gasteiger partial charge in [-0.25, -0.2) is 4.79 Å². The van der Waals surface area contributed by atoms with Crippen molar-refractivity contribution >= 4 is 29.1 Å². The first-order valence-electron chi connectivity index (χ1n) is 9.15. The number of carbonyl (C=O) groups excluding carboxylic acids is 2. The van der Waals surface area contributed by atoms with Crippen LogP contribution in [0.4, 0.5) is 0 Å². The molecule has 0 fully saturated rings. The Morgan fingerprint density at radius 2 is 1.74 bits per heavy atom. The minimum Gasteiger partial charge on any atom is -0.463 e. The molecule has 3 nitrogen and oxygen atoms in total. The van der Waals surface area contributed by atoms with E-state index in [1.54, 1.807) is 12.1 Å². The van der Waals surface area contributed by atoms with Gasteiger partial charge in [0.05, 0.1) is 6.61 Å². The summed E-state index contributed by atoms with van der Waals surface area (Å²) in [6.45, 7) is 2.48. The summed E-state index contributed by atoms with van der Waals surface area (Å²) < 4.78 is 5.20. The van der Waals surface area contributed by atoms with Gasteiger partial charge >= 0.3 is 5.97 Å². The molecule has 136 valence electrons. The molecule has 3 heteroatoms. The smallest absolute Gasteiger partial charge is 0.330 e. The Balaban J connectivity index is 2.08. The van der Waals surface area contributed by atoms with Crippen LogP contribution in [-0.2, 0) is 9.53 Å². The number of carbonyl (C=O) groups is 2. The zero-order valence-electron chi connectivity index (χ0n) is 15.4. The molecule has 3 aromatic rings. The fourth-order valence-corrected chi connectivity index (χ4v) is 3.08. The number of aldehydes is 1. The first-order valence-corrected chi connectivity index (χ1v) is 9.15. The van der Waals surface area contributed by atoms with Crippen molar-refractivity contribution in [1.82, 2.24) is 0 Å². The van der Waals surface area contributed by atoms with Crippen molar-refractivity contribution in [1.29, 1.82) is 0 Å². The fraction of sp³-hybridized carbons (Fsp3) is 0.167. The van der Waals surface area contributed by atoms with Gasteiger partial charge in [-0.15, -0.1) is 0 Å². The number of ether oxygens (including phenoxy) is 1. The Bertz CT molecular complexity index is 986. The molecule has 0 spiro atoms. The van der Waals surface area contributed by atoms with Gasteiger partial charge in [-0.1, -0.05) is 74.0 Å². The molecular weight excluding hydrogens is 336 g/mol. The van der Waals surface area contributed by atoms with E-state index in [1.165, 1.54) is 6.08 Å². The van der Waals surface area contributed by atoms with Crippen LogP contribution in [0.1, 0.15) is 35.7 Å². The Morgan fingerprint density at radius 3 is 2.56 bits per heavy atom. The van der Waals surface area contributed by atoms with Gasteiger partial charge in [-0.05, 0) is 40.0 Å². The molecule has 0 saturated heterocycles. The second-order valence-corrected chi connectivity index (χ2v) is 6.31. The standard InChI is InChI=1S/C24H22O3/c1-2-3-16-27-23(26)15-14-19-13-12-18-8-4-6-10-21(18)24(19)22-11-7-5-9-20(22)17-25/h4-15,17H,2-3,16H2,1H3/b15-14-. The van der Waals surface area contributed by atoms with E-state index >= 15 is 0 Å². The fourth-order valence-electron chi connectivity index (χ4n) is 3.08. The number of benzene rings is 3. The zero-order chi connectivity index (χ0) is 19.1. The molecule has 0 amide bonds. The highest BCUT2D eigenvalue weighted by Crippen LogP contribution is 2.34. The molecule has 0 aromatic heterocycles. The first-order chi connectivity index (χ1) is 13.2. The van der Waals surface area contributed by atoms with Crippen LogP contribution in [0.5, 0.6) is 0 Å². The summed E-state index contributed by atoms with van der Waals surface area (Å²) in [5.74, 6) is -0.355. The van der Waals surface area contributed by atoms with Crippen molar-refractivity contribution in [2.45, 2.75) is 19.8 Å². The van der Waals surface area contributed by atoms with Crippen molar-refractivity contribution in [2.24, 2.45) is 0 Å². The lowest BCUT2D eigenvalue weighted by Crippen LogP contribution is -2.01. The van der Waals surface area contributed by atoms with E-state index in [-0.39, 0.29) is 5.97 Å². The Kier molecular flexibility index (Phi) is 6.16. The number of hydrogen-bond donors (Lipinski definition) is 0. The Labute approximate surface area is 159 Å². The molecule has 3 rings (SSSR count). The second kappa shape index (κ2) is 8.95. The zero-order valence-corrected chi connectivity index (χ0v) is 15.4. The minimum absolute atomic E-state index is 0.355. The predicted octanol–water partition coefficient (Wildman–Crippen LogP) is 5.68. The summed E-state index contributed by atoms with van der Waals surface area (Å²) in [5, 5.41) is 2.11. The van der Waals surface area contributed by atoms with Gasteiger partial charge in [-0.2, -0.15) is 0 Å². The van der Waals surface area contributed by atoms with Crippen LogP contribution in [0, 0.1) is 0 Å². The highest BCUT2D eigenvalue weighted by Gasteiger charge is 2.12. The van der Waals surface area contributed by atoms with Crippen LogP contribution in [0.3, 0.4) is 0 Å². The van der Waals surface area contributed by atoms with Gasteiger partial charge in [0.1, 0.15) is 0 Å². The molecule has 0 aliphatic heterocycles. The molecule has 0 aliphatic rings. The molecule has 0 radical (unpaired) electrons. The summed E-state index contributed by atoms with van der Waals surface area (Å²) in [5.41, 5.74) is 3.28. The average molecular weight is 358 g/mol. The maximum Gasteiger partial charge on any atom is 0.330 e. The number of fused-ring (bicyclic) bond motifs is 1. The lowest BCUT2D eigenvalue weighted by atomic mass is 9.90. The second-order valence-electron chi connectivity index (χ2n) is 6.31. The SMILES string of the molecule is CCCCOC(=O)/C=C\c1ccc2ccccc2c1-c1ccccc1C=O. The van der Waals surface area contributed by atoms with E-state index < -0.39 is 0 Å². The average Bonchev–Trinajstić information content (AvgIpc) is 2.72. The van der Waals surface area contributed by atoms with Crippen molar-refractivity contribution in [2.75, 3.05) is 6.61 Å². The predicted molar refractivity (Wildman–Crippen MR) is 110 cm³/mol. The van der Waals surface area contributed by atoms with Gasteiger partial charge in [0, 0.05) is 11.6 Å². The quantitative estimate of drug-likeness (QED) is 0.236. The third-order valence-corrected chi connectivity index (χ3v) is 4.46. The van der Waals surface area contributed by atoms with E-state index in [1.807, 2.05) is 54.6 Å². The maximum absolute atomic E-state index is 12.0. The van der Waals surface area contributed by atoms with Gasteiger partial charge in [0.25, 0.3) is 0 Å². The lowest BCUT2D eigenvalue weighted by Gasteiger charge is -2.13. The molecule has 0 aliphatic carbocycles. The molecule has 27 heavy (non-hydrogen) atoms. The van der Waals surface area contributed by atoms with E-state index in [4.69, 9.17) is 4.74 Å². The van der Waals surface area contributed by atoms with Gasteiger partial charge in [0.2, 0.25) is 0 Å². The van der Waals surface area contributed by atoms with Crippen LogP contribution in [0.2, 0.25) is 0 Å². The normalized spacial score (nSPS) is 11.0. The first kappa shape index (κ1) is 18.6. The third kappa shape index (κ3) is 4.32. The monoisotopic (exact) mass is 358 g/mol. The molecule has 0 atom stereocenters. The van der Waals surface area contributed by atoms with E-state index in [0.29, 0.717) is 12.2 Å².